The molecule has 0 saturated carbocycles. The van der Waals surface area contributed by atoms with Crippen LogP contribution in [0.3, 0.4) is 0 Å². The molecule has 1 saturated heterocycles. The fourth-order valence-corrected chi connectivity index (χ4v) is 3.26. The second-order valence-electron chi connectivity index (χ2n) is 6.46. The van der Waals surface area contributed by atoms with Gasteiger partial charge in [-0.05, 0) is 48.4 Å². The number of ether oxygens (including phenoxy) is 4. The van der Waals surface area contributed by atoms with Gasteiger partial charge in [-0.2, -0.15) is 0 Å². The largest absolute Gasteiger partial charge is 0.497 e. The van der Waals surface area contributed by atoms with E-state index in [1.807, 2.05) is 0 Å². The third-order valence-electron chi connectivity index (χ3n) is 4.76. The van der Waals surface area contributed by atoms with Crippen LogP contribution in [-0.2, 0) is 16.0 Å². The topological polar surface area (TPSA) is 103 Å². The van der Waals surface area contributed by atoms with E-state index in [1.54, 1.807) is 36.4 Å². The minimum absolute atomic E-state index is 0.0430. The van der Waals surface area contributed by atoms with Crippen LogP contribution >= 0.6 is 0 Å². The standard InChI is InChI=1S/C21H22N2O7/c1-27-14-7-5-13(6-8-14)23-20(25)15(19(24)22-21(23)26)9-12-10-16(28-2)18(30-4)17(11-12)29-3/h5-8,10-11,15H,9H2,1-4H3,(H,22,24,26)/t15-/m0/s1. The number of amides is 4. The number of rotatable bonds is 7. The Morgan fingerprint density at radius 1 is 0.867 bits per heavy atom. The van der Waals surface area contributed by atoms with Crippen molar-refractivity contribution in [1.29, 1.82) is 0 Å². The number of anilines is 1. The maximum Gasteiger partial charge on any atom is 0.335 e. The summed E-state index contributed by atoms with van der Waals surface area (Å²) in [5.74, 6) is -0.608. The van der Waals surface area contributed by atoms with Crippen molar-refractivity contribution in [1.82, 2.24) is 5.32 Å². The highest BCUT2D eigenvalue weighted by Crippen LogP contribution is 2.39. The number of hydrogen-bond acceptors (Lipinski definition) is 7. The summed E-state index contributed by atoms with van der Waals surface area (Å²) < 4.78 is 21.0. The number of methoxy groups -OCH3 is 4. The van der Waals surface area contributed by atoms with Crippen LogP contribution in [0.2, 0.25) is 0 Å². The molecule has 0 aliphatic carbocycles. The fraction of sp³-hybridized carbons (Fsp3) is 0.286. The smallest absolute Gasteiger partial charge is 0.335 e. The summed E-state index contributed by atoms with van der Waals surface area (Å²) in [6.07, 6.45) is 0.0430. The van der Waals surface area contributed by atoms with Gasteiger partial charge >= 0.3 is 6.03 Å². The van der Waals surface area contributed by atoms with Crippen LogP contribution < -0.4 is 29.2 Å². The Morgan fingerprint density at radius 3 is 1.97 bits per heavy atom. The number of hydrogen-bond donors (Lipinski definition) is 1. The van der Waals surface area contributed by atoms with Crippen LogP contribution in [0.25, 0.3) is 0 Å². The summed E-state index contributed by atoms with van der Waals surface area (Å²) >= 11 is 0. The van der Waals surface area contributed by atoms with Crippen molar-refractivity contribution in [2.24, 2.45) is 5.92 Å². The first-order valence-electron chi connectivity index (χ1n) is 9.05. The van der Waals surface area contributed by atoms with Gasteiger partial charge in [0.2, 0.25) is 17.6 Å². The van der Waals surface area contributed by atoms with E-state index in [0.717, 1.165) is 4.90 Å². The molecular weight excluding hydrogens is 392 g/mol. The molecule has 0 unspecified atom stereocenters. The number of imide groups is 2. The van der Waals surface area contributed by atoms with E-state index in [2.05, 4.69) is 5.32 Å². The zero-order valence-corrected chi connectivity index (χ0v) is 17.1. The third kappa shape index (κ3) is 3.86. The number of nitrogens with zero attached hydrogens (tertiary/aromatic N) is 1. The number of nitrogens with one attached hydrogen (secondary N) is 1. The quantitative estimate of drug-likeness (QED) is 0.693. The van der Waals surface area contributed by atoms with Crippen LogP contribution in [0.15, 0.2) is 36.4 Å². The van der Waals surface area contributed by atoms with Crippen molar-refractivity contribution in [3.05, 3.63) is 42.0 Å². The summed E-state index contributed by atoms with van der Waals surface area (Å²) in [5.41, 5.74) is 0.947. The molecule has 1 N–H and O–H groups in total. The van der Waals surface area contributed by atoms with Gasteiger partial charge in [0.05, 0.1) is 34.1 Å². The molecule has 0 aromatic heterocycles. The summed E-state index contributed by atoms with van der Waals surface area (Å²) in [4.78, 5) is 38.8. The normalized spacial score (nSPS) is 16.2. The van der Waals surface area contributed by atoms with E-state index < -0.39 is 23.8 Å². The Bertz CT molecular complexity index is 947. The minimum Gasteiger partial charge on any atom is -0.497 e. The van der Waals surface area contributed by atoms with E-state index in [4.69, 9.17) is 18.9 Å². The van der Waals surface area contributed by atoms with Gasteiger partial charge in [-0.25, -0.2) is 9.69 Å². The van der Waals surface area contributed by atoms with Gasteiger partial charge in [0.25, 0.3) is 0 Å². The summed E-state index contributed by atoms with van der Waals surface area (Å²) in [7, 11) is 5.95. The van der Waals surface area contributed by atoms with Gasteiger partial charge in [-0.3, -0.25) is 14.9 Å². The Labute approximate surface area is 173 Å². The minimum atomic E-state index is -1.10. The number of urea groups is 1. The van der Waals surface area contributed by atoms with E-state index in [-0.39, 0.29) is 6.42 Å². The molecule has 0 radical (unpaired) electrons. The van der Waals surface area contributed by atoms with E-state index in [0.29, 0.717) is 34.2 Å². The molecule has 1 aliphatic rings. The Balaban J connectivity index is 1.92. The molecule has 0 spiro atoms. The van der Waals surface area contributed by atoms with Crippen LogP contribution in [0.5, 0.6) is 23.0 Å². The molecule has 2 aromatic rings. The van der Waals surface area contributed by atoms with Crippen LogP contribution in [0.1, 0.15) is 5.56 Å². The third-order valence-corrected chi connectivity index (χ3v) is 4.76. The average molecular weight is 414 g/mol. The molecule has 1 atom stereocenters. The molecule has 4 amide bonds. The molecule has 30 heavy (non-hydrogen) atoms. The second-order valence-corrected chi connectivity index (χ2v) is 6.46. The Kier molecular flexibility index (Phi) is 6.10. The molecular formula is C21H22N2O7. The van der Waals surface area contributed by atoms with Gasteiger partial charge in [-0.1, -0.05) is 0 Å². The molecule has 2 aromatic carbocycles. The first-order chi connectivity index (χ1) is 14.4. The molecule has 0 bridgehead atoms. The van der Waals surface area contributed by atoms with Crippen LogP contribution in [0, 0.1) is 5.92 Å². The molecule has 1 fully saturated rings. The van der Waals surface area contributed by atoms with Crippen molar-refractivity contribution in [3.8, 4) is 23.0 Å². The molecule has 9 heteroatoms. The van der Waals surface area contributed by atoms with Gasteiger partial charge in [0.1, 0.15) is 11.7 Å². The van der Waals surface area contributed by atoms with Gasteiger partial charge < -0.3 is 18.9 Å². The summed E-state index contributed by atoms with van der Waals surface area (Å²) in [5, 5.41) is 2.25. The monoisotopic (exact) mass is 414 g/mol. The predicted molar refractivity (Wildman–Crippen MR) is 107 cm³/mol. The van der Waals surface area contributed by atoms with E-state index >= 15 is 0 Å². The zero-order chi connectivity index (χ0) is 21.8. The van der Waals surface area contributed by atoms with E-state index in [9.17, 15) is 14.4 Å². The molecule has 1 heterocycles. The zero-order valence-electron chi connectivity index (χ0n) is 17.1. The Morgan fingerprint density at radius 2 is 1.47 bits per heavy atom. The van der Waals surface area contributed by atoms with Gasteiger partial charge in [-0.15, -0.1) is 0 Å². The van der Waals surface area contributed by atoms with Gasteiger partial charge in [0, 0.05) is 0 Å². The lowest BCUT2D eigenvalue weighted by Gasteiger charge is -2.30. The van der Waals surface area contributed by atoms with Crippen molar-refractivity contribution in [2.75, 3.05) is 33.3 Å². The Hall–Kier alpha value is -3.75. The van der Waals surface area contributed by atoms with Crippen LogP contribution in [-0.4, -0.2) is 46.3 Å². The van der Waals surface area contributed by atoms with E-state index in [1.165, 1.54) is 28.4 Å². The fourth-order valence-electron chi connectivity index (χ4n) is 3.26. The number of carbonyl (C=O) groups excluding carboxylic acids is 3. The average Bonchev–Trinajstić information content (AvgIpc) is 2.76. The first kappa shape index (κ1) is 21.0. The molecule has 9 nitrogen and oxygen atoms in total. The number of benzene rings is 2. The lowest BCUT2D eigenvalue weighted by molar-refractivity contribution is -0.134. The lowest BCUT2D eigenvalue weighted by Crippen LogP contribution is -2.58. The number of carbonyl (C=O) groups is 3. The number of barbiturate groups is 1. The molecule has 3 rings (SSSR count). The van der Waals surface area contributed by atoms with Crippen molar-refractivity contribution in [2.45, 2.75) is 6.42 Å². The first-order valence-corrected chi connectivity index (χ1v) is 9.05. The molecule has 158 valence electrons. The maximum atomic E-state index is 13.1. The summed E-state index contributed by atoms with van der Waals surface area (Å²) in [6.45, 7) is 0. The van der Waals surface area contributed by atoms with Crippen molar-refractivity contribution >= 4 is 23.5 Å². The van der Waals surface area contributed by atoms with Crippen molar-refractivity contribution in [3.63, 3.8) is 0 Å². The highest BCUT2D eigenvalue weighted by atomic mass is 16.5. The van der Waals surface area contributed by atoms with Crippen molar-refractivity contribution < 1.29 is 33.3 Å². The molecule has 1 aliphatic heterocycles. The summed E-state index contributed by atoms with van der Waals surface area (Å²) in [6, 6.07) is 8.93. The highest BCUT2D eigenvalue weighted by molar-refractivity contribution is 6.27. The maximum absolute atomic E-state index is 13.1. The van der Waals surface area contributed by atoms with Gasteiger partial charge in [0.15, 0.2) is 11.5 Å². The highest BCUT2D eigenvalue weighted by Gasteiger charge is 2.41. The predicted octanol–water partition coefficient (Wildman–Crippen LogP) is 2.16. The lowest BCUT2D eigenvalue weighted by atomic mass is 9.94. The van der Waals surface area contributed by atoms with Crippen LogP contribution in [0.4, 0.5) is 10.5 Å². The SMILES string of the molecule is COc1ccc(N2C(=O)NC(=O)[C@H](Cc3cc(OC)c(OC)c(OC)c3)C2=O)cc1. The second kappa shape index (κ2) is 8.73.